The Morgan fingerprint density at radius 1 is 0.806 bits per heavy atom. The third-order valence-corrected chi connectivity index (χ3v) is 6.08. The second-order valence-corrected chi connectivity index (χ2v) is 10.2. The number of hydrogen-bond donors (Lipinski definition) is 1. The summed E-state index contributed by atoms with van der Waals surface area (Å²) in [6, 6.07) is 0. The van der Waals surface area contributed by atoms with Crippen LogP contribution in [0.5, 0.6) is 0 Å². The van der Waals surface area contributed by atoms with E-state index < -0.39 is 12.1 Å². The molecule has 184 valence electrons. The second-order valence-electron chi connectivity index (χ2n) is 10.2. The van der Waals surface area contributed by atoms with Crippen LogP contribution < -0.4 is 0 Å². The highest BCUT2D eigenvalue weighted by Crippen LogP contribution is 2.14. The summed E-state index contributed by atoms with van der Waals surface area (Å²) in [5, 5.41) is 10.1. The highest BCUT2D eigenvalue weighted by molar-refractivity contribution is 5.86. The SMILES string of the molecule is C=C(C)C(=O)OCC(O)C[N+](C)(C)CCCCCCCCCCCCCCCCCC. The zero-order chi connectivity index (χ0) is 23.4. The monoisotopic (exact) mass is 440 g/mol. The van der Waals surface area contributed by atoms with Crippen molar-refractivity contribution >= 4 is 5.97 Å². The normalized spacial score (nSPS) is 12.7. The maximum Gasteiger partial charge on any atom is 0.333 e. The Labute approximate surface area is 194 Å². The van der Waals surface area contributed by atoms with Gasteiger partial charge in [-0.05, 0) is 19.8 Å². The van der Waals surface area contributed by atoms with E-state index in [2.05, 4.69) is 27.6 Å². The van der Waals surface area contributed by atoms with E-state index in [1.807, 2.05) is 0 Å². The van der Waals surface area contributed by atoms with Crippen LogP contribution in [0, 0.1) is 0 Å². The number of hydrogen-bond acceptors (Lipinski definition) is 3. The molecule has 0 aromatic carbocycles. The molecule has 0 saturated carbocycles. The molecule has 0 aliphatic heterocycles. The highest BCUT2D eigenvalue weighted by atomic mass is 16.5. The van der Waals surface area contributed by atoms with Crippen LogP contribution in [0.1, 0.15) is 117 Å². The van der Waals surface area contributed by atoms with Crippen molar-refractivity contribution in [2.24, 2.45) is 0 Å². The van der Waals surface area contributed by atoms with E-state index in [1.54, 1.807) is 6.92 Å². The molecule has 0 radical (unpaired) electrons. The number of aliphatic hydroxyl groups is 1. The summed E-state index contributed by atoms with van der Waals surface area (Å²) in [6.07, 6.45) is 21.5. The zero-order valence-corrected chi connectivity index (χ0v) is 21.4. The predicted octanol–water partition coefficient (Wildman–Crippen LogP) is 6.80. The number of quaternary nitrogens is 1. The van der Waals surface area contributed by atoms with E-state index >= 15 is 0 Å². The van der Waals surface area contributed by atoms with Gasteiger partial charge < -0.3 is 14.3 Å². The van der Waals surface area contributed by atoms with Crippen molar-refractivity contribution in [3.05, 3.63) is 12.2 Å². The maximum atomic E-state index is 11.4. The number of likely N-dealkylation sites (N-methyl/N-ethyl adjacent to an activating group) is 1. The quantitative estimate of drug-likeness (QED) is 0.0871. The molecular weight excluding hydrogens is 386 g/mol. The molecule has 1 unspecified atom stereocenters. The first-order chi connectivity index (χ1) is 14.8. The molecule has 4 heteroatoms. The number of carbonyl (C=O) groups is 1. The minimum atomic E-state index is -0.626. The van der Waals surface area contributed by atoms with Gasteiger partial charge in [0.2, 0.25) is 0 Å². The Bertz CT molecular complexity index is 448. The molecule has 0 amide bonds. The van der Waals surface area contributed by atoms with Crippen molar-refractivity contribution in [2.45, 2.75) is 123 Å². The van der Waals surface area contributed by atoms with Gasteiger partial charge in [0.25, 0.3) is 0 Å². The number of ether oxygens (including phenoxy) is 1. The van der Waals surface area contributed by atoms with Crippen molar-refractivity contribution in [2.75, 3.05) is 33.8 Å². The van der Waals surface area contributed by atoms with Crippen LogP contribution in [0.2, 0.25) is 0 Å². The van der Waals surface area contributed by atoms with Crippen LogP contribution in [-0.4, -0.2) is 55.5 Å². The van der Waals surface area contributed by atoms with Crippen LogP contribution in [0.4, 0.5) is 0 Å². The first-order valence-electron chi connectivity index (χ1n) is 13.1. The summed E-state index contributed by atoms with van der Waals surface area (Å²) in [4.78, 5) is 11.4. The molecule has 0 fully saturated rings. The van der Waals surface area contributed by atoms with E-state index in [-0.39, 0.29) is 6.61 Å². The van der Waals surface area contributed by atoms with Gasteiger partial charge in [-0.2, -0.15) is 0 Å². The lowest BCUT2D eigenvalue weighted by Crippen LogP contribution is -2.47. The molecule has 0 rings (SSSR count). The predicted molar refractivity (Wildman–Crippen MR) is 133 cm³/mol. The van der Waals surface area contributed by atoms with E-state index in [4.69, 9.17) is 4.74 Å². The number of esters is 1. The second kappa shape index (κ2) is 19.8. The van der Waals surface area contributed by atoms with E-state index in [1.165, 1.54) is 103 Å². The molecule has 0 saturated heterocycles. The van der Waals surface area contributed by atoms with Crippen LogP contribution in [0.25, 0.3) is 0 Å². The number of carbonyl (C=O) groups excluding carboxylic acids is 1. The molecule has 0 aliphatic rings. The van der Waals surface area contributed by atoms with Gasteiger partial charge in [-0.1, -0.05) is 103 Å². The van der Waals surface area contributed by atoms with Crippen LogP contribution >= 0.6 is 0 Å². The Balaban J connectivity index is 3.47. The molecule has 4 nitrogen and oxygen atoms in total. The summed E-state index contributed by atoms with van der Waals surface area (Å²) < 4.78 is 5.80. The number of nitrogens with zero attached hydrogens (tertiary/aromatic N) is 1. The third-order valence-electron chi connectivity index (χ3n) is 6.08. The fourth-order valence-corrected chi connectivity index (χ4v) is 4.10. The minimum Gasteiger partial charge on any atom is -0.459 e. The first kappa shape index (κ1) is 30.1. The Hall–Kier alpha value is -0.870. The molecule has 0 aromatic rings. The number of aliphatic hydroxyl groups excluding tert-OH is 1. The fraction of sp³-hybridized carbons (Fsp3) is 0.889. The first-order valence-corrected chi connectivity index (χ1v) is 13.1. The lowest BCUT2D eigenvalue weighted by molar-refractivity contribution is -0.893. The highest BCUT2D eigenvalue weighted by Gasteiger charge is 2.21. The molecule has 0 aromatic heterocycles. The maximum absolute atomic E-state index is 11.4. The summed E-state index contributed by atoms with van der Waals surface area (Å²) in [5.41, 5.74) is 0.370. The van der Waals surface area contributed by atoms with Crippen molar-refractivity contribution < 1.29 is 19.1 Å². The van der Waals surface area contributed by atoms with Gasteiger partial charge in [-0.15, -0.1) is 0 Å². The van der Waals surface area contributed by atoms with Crippen LogP contribution in [-0.2, 0) is 9.53 Å². The van der Waals surface area contributed by atoms with Crippen molar-refractivity contribution in [3.8, 4) is 0 Å². The van der Waals surface area contributed by atoms with Gasteiger partial charge in [0, 0.05) is 5.57 Å². The van der Waals surface area contributed by atoms with Gasteiger partial charge in [-0.3, -0.25) is 0 Å². The largest absolute Gasteiger partial charge is 0.459 e. The third kappa shape index (κ3) is 20.8. The van der Waals surface area contributed by atoms with Gasteiger partial charge in [0.1, 0.15) is 19.3 Å². The van der Waals surface area contributed by atoms with Crippen molar-refractivity contribution in [3.63, 3.8) is 0 Å². The Kier molecular flexibility index (Phi) is 19.2. The molecule has 31 heavy (non-hydrogen) atoms. The smallest absolute Gasteiger partial charge is 0.333 e. The van der Waals surface area contributed by atoms with E-state index in [9.17, 15) is 9.90 Å². The topological polar surface area (TPSA) is 46.5 Å². The van der Waals surface area contributed by atoms with Gasteiger partial charge in [-0.25, -0.2) is 4.79 Å². The molecular formula is C27H54NO3+. The molecule has 1 atom stereocenters. The summed E-state index contributed by atoms with van der Waals surface area (Å²) in [7, 11) is 4.27. The van der Waals surface area contributed by atoms with Gasteiger partial charge in [0.15, 0.2) is 0 Å². The molecule has 0 spiro atoms. The average Bonchev–Trinajstić information content (AvgIpc) is 2.71. The van der Waals surface area contributed by atoms with Gasteiger partial charge in [0.05, 0.1) is 20.6 Å². The fourth-order valence-electron chi connectivity index (χ4n) is 4.10. The van der Waals surface area contributed by atoms with Crippen molar-refractivity contribution in [1.82, 2.24) is 0 Å². The van der Waals surface area contributed by atoms with E-state index in [0.29, 0.717) is 12.1 Å². The lowest BCUT2D eigenvalue weighted by atomic mass is 10.0. The molecule has 0 aliphatic carbocycles. The van der Waals surface area contributed by atoms with Crippen LogP contribution in [0.15, 0.2) is 12.2 Å². The molecule has 0 heterocycles. The van der Waals surface area contributed by atoms with Gasteiger partial charge >= 0.3 is 5.97 Å². The Morgan fingerprint density at radius 2 is 1.19 bits per heavy atom. The summed E-state index contributed by atoms with van der Waals surface area (Å²) in [6.45, 7) is 9.15. The lowest BCUT2D eigenvalue weighted by Gasteiger charge is -2.31. The number of unbranched alkanes of at least 4 members (excludes halogenated alkanes) is 15. The zero-order valence-electron chi connectivity index (χ0n) is 21.4. The summed E-state index contributed by atoms with van der Waals surface area (Å²) in [5.74, 6) is -0.429. The average molecular weight is 441 g/mol. The summed E-state index contributed by atoms with van der Waals surface area (Å²) >= 11 is 0. The van der Waals surface area contributed by atoms with Crippen molar-refractivity contribution in [1.29, 1.82) is 0 Å². The standard InChI is InChI=1S/C27H54NO3/c1-6-7-8-9-10-11-12-13-14-15-16-17-18-19-20-21-22-28(4,5)23-26(29)24-31-27(30)25(2)3/h26,29H,2,6-24H2,1,3-5H3/q+1. The van der Waals surface area contributed by atoms with E-state index in [0.717, 1.165) is 11.0 Å². The van der Waals surface area contributed by atoms with Crippen LogP contribution in [0.3, 0.4) is 0 Å². The minimum absolute atomic E-state index is 0.0479. The Morgan fingerprint density at radius 3 is 1.58 bits per heavy atom. The molecule has 0 bridgehead atoms. The number of rotatable bonds is 22. The molecule has 1 N–H and O–H groups in total.